The number of hydrogen-bond acceptors (Lipinski definition) is 7. The summed E-state index contributed by atoms with van der Waals surface area (Å²) in [5.74, 6) is 0.870. The Morgan fingerprint density at radius 3 is 2.23 bits per heavy atom. The van der Waals surface area contributed by atoms with Crippen LogP contribution in [-0.2, 0) is 6.42 Å². The molecule has 30 heavy (non-hydrogen) atoms. The number of carbonyl (C=O) groups excluding carboxylic acids is 1. The number of ketones is 1. The largest absolute Gasteiger partial charge is 0.507 e. The highest BCUT2D eigenvalue weighted by Crippen LogP contribution is 2.49. The van der Waals surface area contributed by atoms with Gasteiger partial charge in [0.1, 0.15) is 46.2 Å². The van der Waals surface area contributed by atoms with Gasteiger partial charge in [-0.1, -0.05) is 11.6 Å². The standard InChI is InChI=1S/C23H26O7/c1-12(2)6-7-14-15(24)10-16(25)21-17(26)11-20(30-23(14)21)22-18(28-4)8-13(27-3)9-19(22)29-5/h6,8-10,20,24-25H,7,11H2,1-5H3/t20-/m0/s1. The lowest BCUT2D eigenvalue weighted by Gasteiger charge is -2.30. The molecule has 0 fully saturated rings. The molecule has 0 unspecified atom stereocenters. The summed E-state index contributed by atoms with van der Waals surface area (Å²) in [5, 5.41) is 20.7. The van der Waals surface area contributed by atoms with Crippen molar-refractivity contribution >= 4 is 5.78 Å². The summed E-state index contributed by atoms with van der Waals surface area (Å²) in [7, 11) is 4.55. The fourth-order valence-electron chi connectivity index (χ4n) is 3.54. The number of ether oxygens (including phenoxy) is 4. The highest BCUT2D eigenvalue weighted by molar-refractivity contribution is 6.03. The predicted octanol–water partition coefficient (Wildman–Crippen LogP) is 4.34. The van der Waals surface area contributed by atoms with Crippen LogP contribution in [-0.4, -0.2) is 37.3 Å². The van der Waals surface area contributed by atoms with Gasteiger partial charge in [-0.05, 0) is 20.3 Å². The van der Waals surface area contributed by atoms with Crippen LogP contribution in [0.4, 0.5) is 0 Å². The maximum absolute atomic E-state index is 13.0. The molecule has 0 amide bonds. The van der Waals surface area contributed by atoms with E-state index < -0.39 is 6.10 Å². The number of benzene rings is 2. The number of fused-ring (bicyclic) bond motifs is 1. The van der Waals surface area contributed by atoms with Crippen molar-refractivity contribution in [3.05, 3.63) is 46.5 Å². The van der Waals surface area contributed by atoms with Crippen molar-refractivity contribution in [3.8, 4) is 34.5 Å². The average Bonchev–Trinajstić information content (AvgIpc) is 2.71. The second-order valence-corrected chi connectivity index (χ2v) is 7.26. The van der Waals surface area contributed by atoms with Crippen LogP contribution in [0.25, 0.3) is 0 Å². The van der Waals surface area contributed by atoms with Gasteiger partial charge in [-0.2, -0.15) is 0 Å². The van der Waals surface area contributed by atoms with Gasteiger partial charge in [-0.3, -0.25) is 4.79 Å². The molecule has 0 spiro atoms. The molecule has 0 saturated heterocycles. The Bertz CT molecular complexity index is 978. The van der Waals surface area contributed by atoms with Crippen molar-refractivity contribution in [2.75, 3.05) is 21.3 Å². The van der Waals surface area contributed by atoms with E-state index in [1.54, 1.807) is 12.1 Å². The minimum absolute atomic E-state index is 0.0214. The van der Waals surface area contributed by atoms with Gasteiger partial charge in [-0.25, -0.2) is 0 Å². The number of rotatable bonds is 6. The number of Topliss-reactive ketones (excluding diaryl/α,β-unsaturated/α-hetero) is 1. The van der Waals surface area contributed by atoms with E-state index in [4.69, 9.17) is 18.9 Å². The van der Waals surface area contributed by atoms with Crippen molar-refractivity contribution in [1.82, 2.24) is 0 Å². The number of allylic oxidation sites excluding steroid dienone is 2. The number of methoxy groups -OCH3 is 3. The van der Waals surface area contributed by atoms with Gasteiger partial charge in [-0.15, -0.1) is 0 Å². The number of phenolic OH excluding ortho intramolecular Hbond substituents is 2. The topological polar surface area (TPSA) is 94.5 Å². The van der Waals surface area contributed by atoms with Gasteiger partial charge in [0.25, 0.3) is 0 Å². The first kappa shape index (κ1) is 21.4. The first-order chi connectivity index (χ1) is 14.3. The molecule has 7 nitrogen and oxygen atoms in total. The average molecular weight is 414 g/mol. The Kier molecular flexibility index (Phi) is 6.10. The van der Waals surface area contributed by atoms with Crippen LogP contribution in [0.1, 0.15) is 47.9 Å². The minimum atomic E-state index is -0.729. The Morgan fingerprint density at radius 2 is 1.70 bits per heavy atom. The molecule has 1 aliphatic heterocycles. The van der Waals surface area contributed by atoms with Crippen molar-refractivity contribution in [1.29, 1.82) is 0 Å². The number of hydrogen-bond donors (Lipinski definition) is 2. The van der Waals surface area contributed by atoms with Crippen LogP contribution in [0.3, 0.4) is 0 Å². The van der Waals surface area contributed by atoms with E-state index in [-0.39, 0.29) is 35.0 Å². The van der Waals surface area contributed by atoms with Crippen LogP contribution < -0.4 is 18.9 Å². The lowest BCUT2D eigenvalue weighted by atomic mass is 9.91. The zero-order valence-electron chi connectivity index (χ0n) is 17.7. The van der Waals surface area contributed by atoms with Gasteiger partial charge in [0.15, 0.2) is 5.78 Å². The van der Waals surface area contributed by atoms with E-state index in [2.05, 4.69) is 0 Å². The molecular formula is C23H26O7. The number of phenols is 2. The predicted molar refractivity (Wildman–Crippen MR) is 111 cm³/mol. The molecule has 0 aromatic heterocycles. The summed E-state index contributed by atoms with van der Waals surface area (Å²) in [6, 6.07) is 4.56. The van der Waals surface area contributed by atoms with E-state index in [1.165, 1.54) is 27.4 Å². The number of aromatic hydroxyl groups is 2. The lowest BCUT2D eigenvalue weighted by molar-refractivity contribution is 0.0836. The molecular weight excluding hydrogens is 388 g/mol. The highest BCUT2D eigenvalue weighted by Gasteiger charge is 2.36. The highest BCUT2D eigenvalue weighted by atomic mass is 16.5. The van der Waals surface area contributed by atoms with Crippen molar-refractivity contribution in [2.24, 2.45) is 0 Å². The van der Waals surface area contributed by atoms with Gasteiger partial charge in [0, 0.05) is 23.8 Å². The Labute approximate surface area is 175 Å². The molecule has 2 aromatic rings. The van der Waals surface area contributed by atoms with Crippen LogP contribution in [0.2, 0.25) is 0 Å². The van der Waals surface area contributed by atoms with Gasteiger partial charge >= 0.3 is 0 Å². The minimum Gasteiger partial charge on any atom is -0.507 e. The normalized spacial score (nSPS) is 15.1. The Hall–Kier alpha value is -3.35. The SMILES string of the molecule is COc1cc(OC)c([C@@H]2CC(=O)c3c(O)cc(O)c(CC=C(C)C)c3O2)c(OC)c1. The van der Waals surface area contributed by atoms with Crippen LogP contribution in [0.5, 0.6) is 34.5 Å². The molecule has 1 aliphatic rings. The molecule has 160 valence electrons. The maximum Gasteiger partial charge on any atom is 0.174 e. The zero-order valence-corrected chi connectivity index (χ0v) is 17.7. The van der Waals surface area contributed by atoms with E-state index >= 15 is 0 Å². The Morgan fingerprint density at radius 1 is 1.07 bits per heavy atom. The Balaban J connectivity index is 2.16. The van der Waals surface area contributed by atoms with Gasteiger partial charge in [0.05, 0.1) is 33.3 Å². The van der Waals surface area contributed by atoms with E-state index in [0.717, 1.165) is 5.57 Å². The fraction of sp³-hybridized carbons (Fsp3) is 0.348. The van der Waals surface area contributed by atoms with Crippen LogP contribution in [0.15, 0.2) is 29.8 Å². The van der Waals surface area contributed by atoms with E-state index in [9.17, 15) is 15.0 Å². The van der Waals surface area contributed by atoms with Crippen LogP contribution in [0, 0.1) is 0 Å². The summed E-state index contributed by atoms with van der Waals surface area (Å²) in [5.41, 5.74) is 2.12. The third-order valence-electron chi connectivity index (χ3n) is 5.04. The molecule has 1 heterocycles. The zero-order chi connectivity index (χ0) is 22.0. The lowest BCUT2D eigenvalue weighted by Crippen LogP contribution is -2.22. The molecule has 3 rings (SSSR count). The smallest absolute Gasteiger partial charge is 0.174 e. The molecule has 0 bridgehead atoms. The maximum atomic E-state index is 13.0. The molecule has 2 aromatic carbocycles. The molecule has 0 aliphatic carbocycles. The van der Waals surface area contributed by atoms with Crippen molar-refractivity contribution < 1.29 is 34.0 Å². The third kappa shape index (κ3) is 3.87. The summed E-state index contributed by atoms with van der Waals surface area (Å²) in [6.07, 6.45) is 1.52. The molecule has 0 radical (unpaired) electrons. The monoisotopic (exact) mass is 414 g/mol. The summed E-state index contributed by atoms with van der Waals surface area (Å²) in [6.45, 7) is 3.87. The number of carbonyl (C=O) groups is 1. The van der Waals surface area contributed by atoms with Crippen molar-refractivity contribution in [3.63, 3.8) is 0 Å². The summed E-state index contributed by atoms with van der Waals surface area (Å²) < 4.78 is 22.5. The second kappa shape index (κ2) is 8.57. The molecule has 1 atom stereocenters. The van der Waals surface area contributed by atoms with E-state index in [1.807, 2.05) is 19.9 Å². The molecule has 2 N–H and O–H groups in total. The molecule has 0 saturated carbocycles. The first-order valence-corrected chi connectivity index (χ1v) is 9.51. The fourth-order valence-corrected chi connectivity index (χ4v) is 3.54. The quantitative estimate of drug-likeness (QED) is 0.679. The van der Waals surface area contributed by atoms with E-state index in [0.29, 0.717) is 34.8 Å². The summed E-state index contributed by atoms with van der Waals surface area (Å²) in [4.78, 5) is 13.0. The van der Waals surface area contributed by atoms with Crippen molar-refractivity contribution in [2.45, 2.75) is 32.8 Å². The molecule has 7 heteroatoms. The van der Waals surface area contributed by atoms with Gasteiger partial charge < -0.3 is 29.2 Å². The first-order valence-electron chi connectivity index (χ1n) is 9.51. The van der Waals surface area contributed by atoms with Gasteiger partial charge in [0.2, 0.25) is 0 Å². The van der Waals surface area contributed by atoms with Crippen LogP contribution >= 0.6 is 0 Å². The second-order valence-electron chi connectivity index (χ2n) is 7.26. The third-order valence-corrected chi connectivity index (χ3v) is 5.04. The summed E-state index contributed by atoms with van der Waals surface area (Å²) >= 11 is 0.